The summed E-state index contributed by atoms with van der Waals surface area (Å²) >= 11 is 3.28. The maximum Gasteiger partial charge on any atom is 0.291 e. The van der Waals surface area contributed by atoms with Gasteiger partial charge in [0.05, 0.1) is 4.47 Å². The molecule has 104 valence electrons. The molecule has 2 N–H and O–H groups in total. The van der Waals surface area contributed by atoms with Crippen molar-refractivity contribution in [3.05, 3.63) is 22.7 Å². The van der Waals surface area contributed by atoms with Crippen LogP contribution in [0.1, 0.15) is 17.5 Å². The van der Waals surface area contributed by atoms with Crippen LogP contribution in [-0.2, 0) is 0 Å². The quantitative estimate of drug-likeness (QED) is 0.774. The molecule has 2 aromatic rings. The minimum Gasteiger partial charge on any atom is -0.348 e. The molecule has 2 heterocycles. The van der Waals surface area contributed by atoms with Gasteiger partial charge in [-0.05, 0) is 22.5 Å². The van der Waals surface area contributed by atoms with Crippen molar-refractivity contribution in [1.29, 1.82) is 0 Å². The van der Waals surface area contributed by atoms with Crippen molar-refractivity contribution in [1.82, 2.24) is 30.2 Å². The zero-order valence-electron chi connectivity index (χ0n) is 10.3. The van der Waals surface area contributed by atoms with E-state index in [1.807, 2.05) is 6.92 Å². The second kappa shape index (κ2) is 7.37. The monoisotopic (exact) mass is 348 g/mol. The van der Waals surface area contributed by atoms with Crippen LogP contribution in [0.15, 0.2) is 16.9 Å². The number of likely N-dealkylation sites (N-methyl/N-ethyl adjacent to an activating group) is 1. The maximum absolute atomic E-state index is 11.7. The Hall–Kier alpha value is -1.25. The van der Waals surface area contributed by atoms with E-state index < -0.39 is 0 Å². The van der Waals surface area contributed by atoms with E-state index in [-0.39, 0.29) is 24.1 Å². The van der Waals surface area contributed by atoms with E-state index in [0.717, 1.165) is 17.6 Å². The summed E-state index contributed by atoms with van der Waals surface area (Å²) in [6, 6.07) is 0. The van der Waals surface area contributed by atoms with Crippen LogP contribution >= 0.6 is 28.3 Å². The van der Waals surface area contributed by atoms with Crippen molar-refractivity contribution in [2.24, 2.45) is 0 Å². The number of nitrogens with zero attached hydrogens (tertiary/aromatic N) is 4. The first-order chi connectivity index (χ1) is 8.70. The van der Waals surface area contributed by atoms with Gasteiger partial charge >= 0.3 is 0 Å². The molecule has 1 amide bonds. The average molecular weight is 350 g/mol. The Balaban J connectivity index is 0.00000180. The Morgan fingerprint density at radius 3 is 3.00 bits per heavy atom. The van der Waals surface area contributed by atoms with Crippen molar-refractivity contribution >= 4 is 40.0 Å². The molecule has 0 aliphatic rings. The molecule has 0 unspecified atom stereocenters. The van der Waals surface area contributed by atoms with Crippen LogP contribution in [0.5, 0.6) is 0 Å². The number of carbonyl (C=O) groups is 1. The lowest BCUT2D eigenvalue weighted by Gasteiger charge is -2.02. The molecular formula is C10H14BrClN6O. The normalized spacial score (nSPS) is 10.2. The van der Waals surface area contributed by atoms with Crippen LogP contribution in [0.4, 0.5) is 0 Å². The summed E-state index contributed by atoms with van der Waals surface area (Å²) in [6.07, 6.45) is 3.31. The third-order valence-corrected chi connectivity index (χ3v) is 2.61. The fourth-order valence-corrected chi connectivity index (χ4v) is 1.67. The molecule has 0 bridgehead atoms. The summed E-state index contributed by atoms with van der Waals surface area (Å²) in [5.74, 6) is 0.224. The number of fused-ring (bicyclic) bond motifs is 1. The van der Waals surface area contributed by atoms with Crippen molar-refractivity contribution < 1.29 is 4.79 Å². The van der Waals surface area contributed by atoms with E-state index in [2.05, 4.69) is 41.6 Å². The van der Waals surface area contributed by atoms with Crippen molar-refractivity contribution in [3.63, 3.8) is 0 Å². The van der Waals surface area contributed by atoms with E-state index in [1.54, 1.807) is 12.4 Å². The van der Waals surface area contributed by atoms with Crippen molar-refractivity contribution in [3.8, 4) is 0 Å². The van der Waals surface area contributed by atoms with Crippen LogP contribution < -0.4 is 10.6 Å². The number of aromatic nitrogens is 4. The second-order valence-electron chi connectivity index (χ2n) is 3.56. The third-order valence-electron chi connectivity index (χ3n) is 2.20. The molecule has 0 aliphatic carbocycles. The highest BCUT2D eigenvalue weighted by molar-refractivity contribution is 9.10. The van der Waals surface area contributed by atoms with Gasteiger partial charge in [-0.2, -0.15) is 4.98 Å². The number of nitrogens with one attached hydrogen (secondary N) is 2. The highest BCUT2D eigenvalue weighted by Gasteiger charge is 2.12. The Morgan fingerprint density at radius 1 is 1.47 bits per heavy atom. The first kappa shape index (κ1) is 15.8. The molecule has 0 spiro atoms. The fourth-order valence-electron chi connectivity index (χ4n) is 1.38. The molecule has 2 aromatic heterocycles. The van der Waals surface area contributed by atoms with E-state index in [9.17, 15) is 4.79 Å². The van der Waals surface area contributed by atoms with Crippen LogP contribution in [0.2, 0.25) is 0 Å². The number of halogens is 2. The molecule has 9 heteroatoms. The summed E-state index contributed by atoms with van der Waals surface area (Å²) in [7, 11) is 0. The van der Waals surface area contributed by atoms with Gasteiger partial charge in [0.1, 0.15) is 0 Å². The topological polar surface area (TPSA) is 84.2 Å². The smallest absolute Gasteiger partial charge is 0.291 e. The molecule has 0 atom stereocenters. The van der Waals surface area contributed by atoms with Gasteiger partial charge in [0.15, 0.2) is 0 Å². The first-order valence-electron chi connectivity index (χ1n) is 5.57. The molecule has 2 rings (SSSR count). The van der Waals surface area contributed by atoms with Crippen LogP contribution in [-0.4, -0.2) is 45.1 Å². The van der Waals surface area contributed by atoms with E-state index >= 15 is 0 Å². The lowest BCUT2D eigenvalue weighted by atomic mass is 10.5. The molecule has 19 heavy (non-hydrogen) atoms. The van der Waals surface area contributed by atoms with Gasteiger partial charge in [-0.3, -0.25) is 4.79 Å². The first-order valence-corrected chi connectivity index (χ1v) is 6.37. The Labute approximate surface area is 124 Å². The number of rotatable bonds is 5. The summed E-state index contributed by atoms with van der Waals surface area (Å²) in [5.41, 5.74) is 0. The minimum absolute atomic E-state index is 0. The second-order valence-corrected chi connectivity index (χ2v) is 4.48. The largest absolute Gasteiger partial charge is 0.348 e. The SMILES string of the molecule is CCNCCNC(=O)c1nc2ncc(Br)cn2n1.Cl. The van der Waals surface area contributed by atoms with Gasteiger partial charge < -0.3 is 10.6 Å². The standard InChI is InChI=1S/C10H13BrN6O.ClH/c1-2-12-3-4-13-9(18)8-15-10-14-5-7(11)6-17(10)16-8;/h5-6,12H,2-4H2,1H3,(H,13,18);1H. The molecule has 0 fully saturated rings. The number of carbonyl (C=O) groups excluding carboxylic acids is 1. The summed E-state index contributed by atoms with van der Waals surface area (Å²) in [4.78, 5) is 19.8. The molecule has 0 saturated heterocycles. The molecular weight excluding hydrogens is 336 g/mol. The molecule has 7 nitrogen and oxygen atoms in total. The predicted molar refractivity (Wildman–Crippen MR) is 76.6 cm³/mol. The van der Waals surface area contributed by atoms with Gasteiger partial charge in [-0.25, -0.2) is 9.50 Å². The number of hydrogen-bond acceptors (Lipinski definition) is 5. The van der Waals surface area contributed by atoms with Crippen LogP contribution in [0, 0.1) is 0 Å². The van der Waals surface area contributed by atoms with E-state index in [0.29, 0.717) is 12.3 Å². The molecule has 0 saturated carbocycles. The molecule has 0 radical (unpaired) electrons. The zero-order chi connectivity index (χ0) is 13.0. The van der Waals surface area contributed by atoms with E-state index in [1.165, 1.54) is 4.52 Å². The highest BCUT2D eigenvalue weighted by atomic mass is 79.9. The predicted octanol–water partition coefficient (Wildman–Crippen LogP) is 0.648. The Bertz CT molecular complexity index is 560. The van der Waals surface area contributed by atoms with Crippen LogP contribution in [0.25, 0.3) is 5.78 Å². The number of hydrogen-bond donors (Lipinski definition) is 2. The minimum atomic E-state index is -0.297. The maximum atomic E-state index is 11.7. The lowest BCUT2D eigenvalue weighted by Crippen LogP contribution is -2.32. The van der Waals surface area contributed by atoms with Gasteiger partial charge in [0.2, 0.25) is 5.82 Å². The average Bonchev–Trinajstić information content (AvgIpc) is 2.77. The zero-order valence-corrected chi connectivity index (χ0v) is 12.7. The van der Waals surface area contributed by atoms with Crippen molar-refractivity contribution in [2.75, 3.05) is 19.6 Å². The summed E-state index contributed by atoms with van der Waals surface area (Å²) < 4.78 is 2.24. The van der Waals surface area contributed by atoms with Crippen molar-refractivity contribution in [2.45, 2.75) is 6.92 Å². The summed E-state index contributed by atoms with van der Waals surface area (Å²) in [6.45, 7) is 4.15. The third kappa shape index (κ3) is 4.12. The van der Waals surface area contributed by atoms with E-state index in [4.69, 9.17) is 0 Å². The highest BCUT2D eigenvalue weighted by Crippen LogP contribution is 2.07. The van der Waals surface area contributed by atoms with Crippen LogP contribution in [0.3, 0.4) is 0 Å². The van der Waals surface area contributed by atoms with Gasteiger partial charge in [-0.1, -0.05) is 6.92 Å². The van der Waals surface area contributed by atoms with Gasteiger partial charge in [-0.15, -0.1) is 17.5 Å². The lowest BCUT2D eigenvalue weighted by molar-refractivity contribution is 0.0944. The Kier molecular flexibility index (Phi) is 6.13. The van der Waals surface area contributed by atoms with Gasteiger partial charge in [0.25, 0.3) is 11.7 Å². The molecule has 0 aromatic carbocycles. The van der Waals surface area contributed by atoms with Gasteiger partial charge in [0, 0.05) is 25.5 Å². The molecule has 0 aliphatic heterocycles. The Morgan fingerprint density at radius 2 is 2.26 bits per heavy atom. The fraction of sp³-hybridized carbons (Fsp3) is 0.400. The summed E-state index contributed by atoms with van der Waals surface area (Å²) in [5, 5.41) is 9.89. The number of amides is 1.